The lowest BCUT2D eigenvalue weighted by atomic mass is 9.90. The van der Waals surface area contributed by atoms with Gasteiger partial charge in [0.05, 0.1) is 0 Å². The summed E-state index contributed by atoms with van der Waals surface area (Å²) in [7, 11) is 0. The summed E-state index contributed by atoms with van der Waals surface area (Å²) in [5.74, 6) is -1.47. The van der Waals surface area contributed by atoms with Gasteiger partial charge in [0.15, 0.2) is 0 Å². The highest BCUT2D eigenvalue weighted by Crippen LogP contribution is 2.30. The molecule has 4 rings (SSSR count). The summed E-state index contributed by atoms with van der Waals surface area (Å²) in [6.45, 7) is 2.90. The lowest BCUT2D eigenvalue weighted by Gasteiger charge is -2.22. The molecular formula is C21H18FN5O4. The molecule has 1 aliphatic heterocycles. The molecule has 9 nitrogen and oxygen atoms in total. The molecule has 1 unspecified atom stereocenters. The number of amides is 4. The molecule has 0 spiro atoms. The van der Waals surface area contributed by atoms with Crippen LogP contribution >= 0.6 is 0 Å². The predicted molar refractivity (Wildman–Crippen MR) is 106 cm³/mol. The topological polar surface area (TPSA) is 131 Å². The maximum atomic E-state index is 13.8. The molecule has 2 aromatic carbocycles. The van der Waals surface area contributed by atoms with Crippen LogP contribution in [-0.2, 0) is 16.9 Å². The van der Waals surface area contributed by atoms with E-state index in [-0.39, 0.29) is 23.8 Å². The Labute approximate surface area is 176 Å². The molecule has 3 N–H and O–H groups in total. The van der Waals surface area contributed by atoms with Crippen LogP contribution in [0, 0.1) is 12.7 Å². The number of nitrogens with zero attached hydrogens (tertiary/aromatic N) is 3. The van der Waals surface area contributed by atoms with Crippen molar-refractivity contribution in [2.24, 2.45) is 5.73 Å². The molecule has 1 aliphatic rings. The summed E-state index contributed by atoms with van der Waals surface area (Å²) < 4.78 is 19.0. The first-order chi connectivity index (χ1) is 14.7. The molecule has 1 aromatic heterocycles. The zero-order valence-electron chi connectivity index (χ0n) is 16.7. The van der Waals surface area contributed by atoms with Crippen molar-refractivity contribution in [2.75, 3.05) is 0 Å². The number of rotatable bonds is 5. The number of benzene rings is 2. The van der Waals surface area contributed by atoms with Crippen LogP contribution in [0.2, 0.25) is 0 Å². The Morgan fingerprint density at radius 2 is 2.03 bits per heavy atom. The zero-order valence-corrected chi connectivity index (χ0v) is 16.7. The van der Waals surface area contributed by atoms with Crippen molar-refractivity contribution in [3.63, 3.8) is 0 Å². The Morgan fingerprint density at radius 3 is 2.74 bits per heavy atom. The summed E-state index contributed by atoms with van der Waals surface area (Å²) in [6.07, 6.45) is 0. The fraction of sp³-hybridized carbons (Fsp3) is 0.190. The number of aryl methyl sites for hydroxylation is 1. The summed E-state index contributed by atoms with van der Waals surface area (Å²) in [5, 5.41) is 6.43. The van der Waals surface area contributed by atoms with E-state index in [1.165, 1.54) is 25.1 Å². The number of imide groups is 1. The van der Waals surface area contributed by atoms with Crippen molar-refractivity contribution in [2.45, 2.75) is 25.9 Å². The third-order valence-electron chi connectivity index (χ3n) is 5.19. The molecule has 1 saturated heterocycles. The van der Waals surface area contributed by atoms with Gasteiger partial charge in [0.2, 0.25) is 17.6 Å². The van der Waals surface area contributed by atoms with E-state index in [0.717, 1.165) is 4.90 Å². The molecule has 10 heteroatoms. The van der Waals surface area contributed by atoms with Gasteiger partial charge >= 0.3 is 6.03 Å². The second-order valence-electron chi connectivity index (χ2n) is 7.37. The fourth-order valence-electron chi connectivity index (χ4n) is 3.32. The number of hydrogen-bond donors (Lipinski definition) is 2. The highest BCUT2D eigenvalue weighted by Gasteiger charge is 2.49. The molecule has 0 aliphatic carbocycles. The highest BCUT2D eigenvalue weighted by atomic mass is 19.1. The van der Waals surface area contributed by atoms with E-state index in [1.807, 2.05) is 0 Å². The summed E-state index contributed by atoms with van der Waals surface area (Å²) in [6, 6.07) is 10.0. The van der Waals surface area contributed by atoms with Gasteiger partial charge in [0, 0.05) is 11.1 Å². The number of halogens is 1. The first-order valence-corrected chi connectivity index (χ1v) is 9.32. The van der Waals surface area contributed by atoms with E-state index in [9.17, 15) is 18.8 Å². The van der Waals surface area contributed by atoms with E-state index in [1.54, 1.807) is 31.2 Å². The van der Waals surface area contributed by atoms with Crippen LogP contribution in [0.3, 0.4) is 0 Å². The van der Waals surface area contributed by atoms with E-state index in [0.29, 0.717) is 16.7 Å². The highest BCUT2D eigenvalue weighted by molar-refractivity contribution is 6.07. The van der Waals surface area contributed by atoms with Crippen LogP contribution in [-0.4, -0.2) is 32.9 Å². The van der Waals surface area contributed by atoms with Crippen molar-refractivity contribution >= 4 is 17.8 Å². The lowest BCUT2D eigenvalue weighted by molar-refractivity contribution is -0.131. The quantitative estimate of drug-likeness (QED) is 0.605. The number of hydrogen-bond acceptors (Lipinski definition) is 6. The minimum atomic E-state index is -1.40. The number of aromatic nitrogens is 2. The number of nitrogens with one attached hydrogen (secondary N) is 1. The van der Waals surface area contributed by atoms with Gasteiger partial charge in [-0.15, -0.1) is 0 Å². The molecule has 1 fully saturated rings. The second kappa shape index (κ2) is 7.31. The maximum absolute atomic E-state index is 13.8. The Bertz CT molecular complexity index is 1220. The number of nitrogens with two attached hydrogens (primary N) is 1. The number of primary amides is 1. The Hall–Kier alpha value is -4.08. The first kappa shape index (κ1) is 20.2. The minimum absolute atomic E-state index is 0.00891. The van der Waals surface area contributed by atoms with Crippen LogP contribution < -0.4 is 11.1 Å². The molecule has 0 radical (unpaired) electrons. The minimum Gasteiger partial charge on any atom is -0.366 e. The molecule has 0 bridgehead atoms. The third kappa shape index (κ3) is 3.52. The van der Waals surface area contributed by atoms with Crippen molar-refractivity contribution in [3.05, 3.63) is 70.9 Å². The average Bonchev–Trinajstić information content (AvgIpc) is 3.29. The van der Waals surface area contributed by atoms with Crippen molar-refractivity contribution in [3.8, 4) is 11.4 Å². The summed E-state index contributed by atoms with van der Waals surface area (Å²) in [4.78, 5) is 42.2. The van der Waals surface area contributed by atoms with Gasteiger partial charge in [0.25, 0.3) is 5.91 Å². The van der Waals surface area contributed by atoms with Gasteiger partial charge in [-0.1, -0.05) is 29.4 Å². The first-order valence-electron chi connectivity index (χ1n) is 9.32. The van der Waals surface area contributed by atoms with E-state index in [4.69, 9.17) is 10.3 Å². The Balaban J connectivity index is 1.58. The number of carbonyl (C=O) groups is 3. The zero-order chi connectivity index (χ0) is 22.3. The average molecular weight is 423 g/mol. The molecule has 158 valence electrons. The van der Waals surface area contributed by atoms with Crippen molar-refractivity contribution < 1.29 is 23.3 Å². The number of urea groups is 1. The van der Waals surface area contributed by atoms with Gasteiger partial charge in [-0.05, 0) is 43.2 Å². The van der Waals surface area contributed by atoms with E-state index < -0.39 is 29.2 Å². The third-order valence-corrected chi connectivity index (χ3v) is 5.19. The van der Waals surface area contributed by atoms with Crippen molar-refractivity contribution in [1.82, 2.24) is 20.4 Å². The lowest BCUT2D eigenvalue weighted by Crippen LogP contribution is -2.41. The normalized spacial score (nSPS) is 18.4. The fourth-order valence-corrected chi connectivity index (χ4v) is 3.32. The Morgan fingerprint density at radius 1 is 1.26 bits per heavy atom. The van der Waals surface area contributed by atoms with Gasteiger partial charge in [-0.25, -0.2) is 9.18 Å². The molecule has 31 heavy (non-hydrogen) atoms. The Kier molecular flexibility index (Phi) is 4.77. The van der Waals surface area contributed by atoms with Crippen LogP contribution in [0.25, 0.3) is 11.4 Å². The molecule has 4 amide bonds. The van der Waals surface area contributed by atoms with Gasteiger partial charge in [-0.2, -0.15) is 4.98 Å². The molecular weight excluding hydrogens is 405 g/mol. The van der Waals surface area contributed by atoms with Gasteiger partial charge < -0.3 is 15.6 Å². The van der Waals surface area contributed by atoms with Crippen LogP contribution in [0.15, 0.2) is 47.0 Å². The van der Waals surface area contributed by atoms with Crippen LogP contribution in [0.1, 0.15) is 34.3 Å². The smallest absolute Gasteiger partial charge is 0.325 e. The monoisotopic (exact) mass is 423 g/mol. The summed E-state index contributed by atoms with van der Waals surface area (Å²) >= 11 is 0. The second-order valence-corrected chi connectivity index (χ2v) is 7.37. The van der Waals surface area contributed by atoms with E-state index >= 15 is 0 Å². The van der Waals surface area contributed by atoms with E-state index in [2.05, 4.69) is 15.5 Å². The van der Waals surface area contributed by atoms with Crippen LogP contribution in [0.4, 0.5) is 9.18 Å². The summed E-state index contributed by atoms with van der Waals surface area (Å²) in [5.41, 5.74) is 5.42. The van der Waals surface area contributed by atoms with Crippen LogP contribution in [0.5, 0.6) is 0 Å². The molecule has 1 atom stereocenters. The molecule has 3 aromatic rings. The van der Waals surface area contributed by atoms with Gasteiger partial charge in [0.1, 0.15) is 17.9 Å². The molecule has 0 saturated carbocycles. The number of carbonyl (C=O) groups excluding carboxylic acids is 3. The SMILES string of the molecule is Cc1ccc(-c2noc(CN3C(=O)NC(C)(c4cccc(C(N)=O)c4)C3=O)n2)cc1F. The standard InChI is InChI=1S/C21H18FN5O4/c1-11-6-7-13(9-15(11)22)18-24-16(31-26-18)10-27-19(29)21(2,25-20(27)30)14-5-3-4-12(8-14)17(23)28/h3-9H,10H2,1-2H3,(H2,23,28)(H,25,30). The molecule has 2 heterocycles. The maximum Gasteiger partial charge on any atom is 0.325 e. The van der Waals surface area contributed by atoms with Gasteiger partial charge in [-0.3, -0.25) is 14.5 Å². The van der Waals surface area contributed by atoms with Crippen molar-refractivity contribution in [1.29, 1.82) is 0 Å². The predicted octanol–water partition coefficient (Wildman–Crippen LogP) is 2.25. The largest absolute Gasteiger partial charge is 0.366 e.